The largest absolute Gasteiger partial charge is 0.573 e. The molecular formula is C16H13F6NO2. The van der Waals surface area contributed by atoms with E-state index in [1.165, 1.54) is 12.1 Å². The Morgan fingerprint density at radius 1 is 0.880 bits per heavy atom. The molecule has 0 aromatic heterocycles. The van der Waals surface area contributed by atoms with E-state index in [1.807, 2.05) is 0 Å². The van der Waals surface area contributed by atoms with Crippen molar-refractivity contribution in [2.24, 2.45) is 5.73 Å². The number of ether oxygens (including phenoxy) is 2. The van der Waals surface area contributed by atoms with Crippen LogP contribution in [0.15, 0.2) is 42.5 Å². The number of alkyl halides is 6. The first-order chi connectivity index (χ1) is 11.6. The molecule has 2 rings (SSSR count). The SMILES string of the molecule is NCCOc1ccc(-c2ccccc2C(F)(F)F)c(OC(F)(F)F)c1. The summed E-state index contributed by atoms with van der Waals surface area (Å²) in [4.78, 5) is 0. The fourth-order valence-electron chi connectivity index (χ4n) is 2.17. The Hall–Kier alpha value is -2.42. The topological polar surface area (TPSA) is 44.5 Å². The van der Waals surface area contributed by atoms with Crippen molar-refractivity contribution < 1.29 is 35.8 Å². The lowest BCUT2D eigenvalue weighted by atomic mass is 9.98. The van der Waals surface area contributed by atoms with Crippen molar-refractivity contribution in [2.75, 3.05) is 13.2 Å². The van der Waals surface area contributed by atoms with Gasteiger partial charge in [0.1, 0.15) is 18.1 Å². The molecule has 25 heavy (non-hydrogen) atoms. The molecule has 0 heterocycles. The fraction of sp³-hybridized carbons (Fsp3) is 0.250. The number of rotatable bonds is 5. The van der Waals surface area contributed by atoms with Crippen LogP contribution in [0.2, 0.25) is 0 Å². The van der Waals surface area contributed by atoms with Crippen LogP contribution < -0.4 is 15.2 Å². The Labute approximate surface area is 139 Å². The van der Waals surface area contributed by atoms with Gasteiger partial charge in [0.15, 0.2) is 0 Å². The molecule has 3 nitrogen and oxygen atoms in total. The van der Waals surface area contributed by atoms with Gasteiger partial charge in [-0.15, -0.1) is 13.2 Å². The van der Waals surface area contributed by atoms with Crippen LogP contribution in [0.4, 0.5) is 26.3 Å². The molecule has 0 aliphatic rings. The molecule has 0 radical (unpaired) electrons. The summed E-state index contributed by atoms with van der Waals surface area (Å²) in [7, 11) is 0. The molecule has 2 aromatic rings. The van der Waals surface area contributed by atoms with Crippen molar-refractivity contribution in [3.05, 3.63) is 48.0 Å². The normalized spacial score (nSPS) is 12.1. The molecule has 0 spiro atoms. The minimum atomic E-state index is -5.07. The van der Waals surface area contributed by atoms with Crippen molar-refractivity contribution in [1.29, 1.82) is 0 Å². The first-order valence-corrected chi connectivity index (χ1v) is 7.01. The van der Waals surface area contributed by atoms with Crippen LogP contribution in [0.5, 0.6) is 11.5 Å². The number of nitrogens with two attached hydrogens (primary N) is 1. The minimum absolute atomic E-state index is 0.00191. The summed E-state index contributed by atoms with van der Waals surface area (Å²) in [5, 5.41) is 0. The molecule has 0 atom stereocenters. The average molecular weight is 365 g/mol. The molecule has 0 aliphatic heterocycles. The third-order valence-corrected chi connectivity index (χ3v) is 3.09. The highest BCUT2D eigenvalue weighted by Crippen LogP contribution is 2.42. The standard InChI is InChI=1S/C16H13F6NO2/c17-15(18,19)13-4-2-1-3-11(13)12-6-5-10(24-8-7-23)9-14(12)25-16(20,21)22/h1-6,9H,7-8,23H2. The molecule has 9 heteroatoms. The second-order valence-electron chi connectivity index (χ2n) is 4.89. The van der Waals surface area contributed by atoms with E-state index in [4.69, 9.17) is 10.5 Å². The van der Waals surface area contributed by atoms with Gasteiger partial charge in [0, 0.05) is 18.2 Å². The maximum absolute atomic E-state index is 13.1. The van der Waals surface area contributed by atoms with Gasteiger partial charge < -0.3 is 15.2 Å². The van der Waals surface area contributed by atoms with E-state index in [-0.39, 0.29) is 24.5 Å². The van der Waals surface area contributed by atoms with Gasteiger partial charge in [-0.1, -0.05) is 18.2 Å². The van der Waals surface area contributed by atoms with E-state index in [2.05, 4.69) is 4.74 Å². The van der Waals surface area contributed by atoms with E-state index < -0.39 is 29.4 Å². The summed E-state index contributed by atoms with van der Waals surface area (Å²) in [5.74, 6) is -0.795. The molecule has 0 unspecified atom stereocenters. The highest BCUT2D eigenvalue weighted by Gasteiger charge is 2.36. The van der Waals surface area contributed by atoms with Crippen LogP contribution in [0.25, 0.3) is 11.1 Å². The Morgan fingerprint density at radius 2 is 1.56 bits per heavy atom. The molecule has 0 amide bonds. The van der Waals surface area contributed by atoms with Crippen molar-refractivity contribution in [1.82, 2.24) is 0 Å². The molecular weight excluding hydrogens is 352 g/mol. The van der Waals surface area contributed by atoms with Gasteiger partial charge in [-0.2, -0.15) is 13.2 Å². The fourth-order valence-corrected chi connectivity index (χ4v) is 2.17. The number of benzene rings is 2. The minimum Gasteiger partial charge on any atom is -0.492 e. The third kappa shape index (κ3) is 5.02. The summed E-state index contributed by atoms with van der Waals surface area (Å²) in [5.41, 5.74) is 3.38. The van der Waals surface area contributed by atoms with Gasteiger partial charge in [-0.25, -0.2) is 0 Å². The summed E-state index contributed by atoms with van der Waals surface area (Å²) in [6.45, 7) is 0.151. The van der Waals surface area contributed by atoms with Crippen molar-refractivity contribution in [2.45, 2.75) is 12.5 Å². The highest BCUT2D eigenvalue weighted by atomic mass is 19.4. The molecule has 0 aliphatic carbocycles. The summed E-state index contributed by atoms with van der Waals surface area (Å²) in [6.07, 6.45) is -9.81. The van der Waals surface area contributed by atoms with Gasteiger partial charge in [-0.05, 0) is 23.8 Å². The summed E-state index contributed by atoms with van der Waals surface area (Å²) >= 11 is 0. The third-order valence-electron chi connectivity index (χ3n) is 3.09. The Bertz CT molecular complexity index is 727. The second-order valence-corrected chi connectivity index (χ2v) is 4.89. The molecule has 0 fully saturated rings. The molecule has 2 N–H and O–H groups in total. The van der Waals surface area contributed by atoms with Crippen LogP contribution in [0.1, 0.15) is 5.56 Å². The van der Waals surface area contributed by atoms with Gasteiger partial charge >= 0.3 is 12.5 Å². The van der Waals surface area contributed by atoms with Crippen LogP contribution in [0, 0.1) is 0 Å². The second kappa shape index (κ2) is 7.22. The van der Waals surface area contributed by atoms with Crippen LogP contribution in [-0.2, 0) is 6.18 Å². The highest BCUT2D eigenvalue weighted by molar-refractivity contribution is 5.75. The predicted octanol–water partition coefficient (Wildman–Crippen LogP) is 4.61. The Balaban J connectivity index is 2.57. The van der Waals surface area contributed by atoms with Gasteiger partial charge in [0.2, 0.25) is 0 Å². The number of hydrogen-bond donors (Lipinski definition) is 1. The lowest BCUT2D eigenvalue weighted by Gasteiger charge is -2.18. The maximum atomic E-state index is 13.1. The van der Waals surface area contributed by atoms with E-state index in [1.54, 1.807) is 0 Å². The lowest BCUT2D eigenvalue weighted by Crippen LogP contribution is -2.18. The van der Waals surface area contributed by atoms with E-state index in [0.29, 0.717) is 0 Å². The Kier molecular flexibility index (Phi) is 5.46. The Morgan fingerprint density at radius 3 is 2.16 bits per heavy atom. The number of halogens is 6. The zero-order valence-electron chi connectivity index (χ0n) is 12.6. The molecule has 0 bridgehead atoms. The summed E-state index contributed by atoms with van der Waals surface area (Å²) in [6, 6.07) is 7.51. The van der Waals surface area contributed by atoms with Crippen LogP contribution >= 0.6 is 0 Å². The van der Waals surface area contributed by atoms with Crippen LogP contribution in [-0.4, -0.2) is 19.5 Å². The first-order valence-electron chi connectivity index (χ1n) is 7.01. The van der Waals surface area contributed by atoms with Crippen molar-refractivity contribution in [3.8, 4) is 22.6 Å². The molecule has 0 saturated carbocycles. The monoisotopic (exact) mass is 365 g/mol. The van der Waals surface area contributed by atoms with E-state index >= 15 is 0 Å². The summed E-state index contributed by atoms with van der Waals surface area (Å²) < 4.78 is 86.4. The number of hydrogen-bond acceptors (Lipinski definition) is 3. The van der Waals surface area contributed by atoms with Gasteiger partial charge in [0.05, 0.1) is 5.56 Å². The van der Waals surface area contributed by atoms with Crippen molar-refractivity contribution in [3.63, 3.8) is 0 Å². The lowest BCUT2D eigenvalue weighted by molar-refractivity contribution is -0.274. The maximum Gasteiger partial charge on any atom is 0.573 e. The molecule has 136 valence electrons. The zero-order valence-corrected chi connectivity index (χ0v) is 12.6. The van der Waals surface area contributed by atoms with Gasteiger partial charge in [-0.3, -0.25) is 0 Å². The first kappa shape index (κ1) is 18.9. The average Bonchev–Trinajstić information content (AvgIpc) is 2.51. The van der Waals surface area contributed by atoms with E-state index in [0.717, 1.165) is 30.3 Å². The predicted molar refractivity (Wildman–Crippen MR) is 78.1 cm³/mol. The smallest absolute Gasteiger partial charge is 0.492 e. The van der Waals surface area contributed by atoms with E-state index in [9.17, 15) is 26.3 Å². The zero-order chi connectivity index (χ0) is 18.7. The molecule has 2 aromatic carbocycles. The van der Waals surface area contributed by atoms with Gasteiger partial charge in [0.25, 0.3) is 0 Å². The van der Waals surface area contributed by atoms with Crippen LogP contribution in [0.3, 0.4) is 0 Å². The van der Waals surface area contributed by atoms with Crippen molar-refractivity contribution >= 4 is 0 Å². The quantitative estimate of drug-likeness (QED) is 0.787. The molecule has 0 saturated heterocycles.